The molecule has 1 amide bonds. The van der Waals surface area contributed by atoms with Gasteiger partial charge in [-0.05, 0) is 50.0 Å². The number of benzene rings is 1. The maximum absolute atomic E-state index is 12.3. The molecule has 0 spiro atoms. The first-order valence-corrected chi connectivity index (χ1v) is 8.61. The first-order valence-electron chi connectivity index (χ1n) is 8.61. The number of hydrogen-bond donors (Lipinski definition) is 2. The number of carbonyl (C=O) groups is 1. The van der Waals surface area contributed by atoms with Crippen LogP contribution in [0.2, 0.25) is 0 Å². The summed E-state index contributed by atoms with van der Waals surface area (Å²) in [6.45, 7) is 5.91. The molecule has 1 aliphatic rings. The molecule has 0 radical (unpaired) electrons. The van der Waals surface area contributed by atoms with E-state index >= 15 is 0 Å². The molecule has 1 fully saturated rings. The zero-order chi connectivity index (χ0) is 18.2. The molecule has 5 heteroatoms. The highest BCUT2D eigenvalue weighted by atomic mass is 16.5. The molecule has 0 atom stereocenters. The number of phenolic OH excluding ortho intramolecular Hbond substituents is 1. The fourth-order valence-corrected chi connectivity index (χ4v) is 3.00. The molecule has 5 nitrogen and oxygen atoms in total. The Morgan fingerprint density at radius 1 is 1.48 bits per heavy atom. The van der Waals surface area contributed by atoms with Crippen molar-refractivity contribution in [3.05, 3.63) is 41.5 Å². The number of allylic oxidation sites excluding steroid dienone is 1. The fraction of sp³-hybridized carbons (Fsp3) is 0.400. The van der Waals surface area contributed by atoms with Crippen LogP contribution in [0, 0.1) is 11.3 Å². The highest BCUT2D eigenvalue weighted by Gasteiger charge is 2.19. The van der Waals surface area contributed by atoms with Gasteiger partial charge in [-0.3, -0.25) is 4.79 Å². The third-order valence-corrected chi connectivity index (χ3v) is 4.21. The highest BCUT2D eigenvalue weighted by molar-refractivity contribution is 6.01. The smallest absolute Gasteiger partial charge is 0.262 e. The minimum Gasteiger partial charge on any atom is -0.504 e. The van der Waals surface area contributed by atoms with Gasteiger partial charge in [-0.25, -0.2) is 0 Å². The van der Waals surface area contributed by atoms with Crippen molar-refractivity contribution in [3.63, 3.8) is 0 Å². The summed E-state index contributed by atoms with van der Waals surface area (Å²) in [6, 6.07) is 5.49. The zero-order valence-corrected chi connectivity index (χ0v) is 14.5. The van der Waals surface area contributed by atoms with Crippen molar-refractivity contribution in [1.29, 1.82) is 5.26 Å². The monoisotopic (exact) mass is 340 g/mol. The van der Waals surface area contributed by atoms with Gasteiger partial charge in [0.1, 0.15) is 11.6 Å². The van der Waals surface area contributed by atoms with Crippen molar-refractivity contribution in [2.75, 3.05) is 6.61 Å². The molecule has 0 heterocycles. The van der Waals surface area contributed by atoms with E-state index < -0.39 is 0 Å². The molecule has 25 heavy (non-hydrogen) atoms. The summed E-state index contributed by atoms with van der Waals surface area (Å²) in [5.41, 5.74) is 1.32. The first kappa shape index (κ1) is 18.6. The summed E-state index contributed by atoms with van der Waals surface area (Å²) in [5, 5.41) is 22.5. The van der Waals surface area contributed by atoms with Crippen molar-refractivity contribution in [3.8, 4) is 17.6 Å². The molecule has 2 rings (SSSR count). The number of hydrogen-bond acceptors (Lipinski definition) is 4. The summed E-state index contributed by atoms with van der Waals surface area (Å²) in [7, 11) is 0. The van der Waals surface area contributed by atoms with Gasteiger partial charge in [0.15, 0.2) is 11.5 Å². The Balaban J connectivity index is 2.30. The molecule has 0 aliphatic heterocycles. The third kappa shape index (κ3) is 4.87. The standard InChI is InChI=1S/C20H24N2O3/c1-3-7-15-10-14(12-18(19(15)23)25-4-2)11-16(13-21)20(24)22-17-8-5-6-9-17/h3,10-12,17,23H,1,4-9H2,2H3,(H,22,24)/b16-11+. The second-order valence-corrected chi connectivity index (χ2v) is 6.08. The van der Waals surface area contributed by atoms with Gasteiger partial charge in [0.2, 0.25) is 0 Å². The second-order valence-electron chi connectivity index (χ2n) is 6.08. The van der Waals surface area contributed by atoms with Crippen LogP contribution in [0.4, 0.5) is 0 Å². The predicted molar refractivity (Wildman–Crippen MR) is 97.2 cm³/mol. The van der Waals surface area contributed by atoms with E-state index in [-0.39, 0.29) is 23.3 Å². The van der Waals surface area contributed by atoms with Crippen LogP contribution in [-0.4, -0.2) is 23.7 Å². The number of nitrogens with one attached hydrogen (secondary N) is 1. The van der Waals surface area contributed by atoms with Crippen LogP contribution in [0.15, 0.2) is 30.4 Å². The number of amides is 1. The Morgan fingerprint density at radius 3 is 2.80 bits per heavy atom. The van der Waals surface area contributed by atoms with E-state index in [1.807, 2.05) is 13.0 Å². The van der Waals surface area contributed by atoms with Gasteiger partial charge in [0.25, 0.3) is 5.91 Å². The number of phenols is 1. The Kier molecular flexibility index (Phi) is 6.64. The van der Waals surface area contributed by atoms with Gasteiger partial charge in [-0.1, -0.05) is 18.9 Å². The van der Waals surface area contributed by atoms with E-state index in [0.717, 1.165) is 25.7 Å². The Labute approximate surface area is 148 Å². The van der Waals surface area contributed by atoms with E-state index in [4.69, 9.17) is 4.74 Å². The molecule has 0 unspecified atom stereocenters. The number of aromatic hydroxyl groups is 1. The van der Waals surface area contributed by atoms with Crippen molar-refractivity contribution < 1.29 is 14.6 Å². The molecule has 0 bridgehead atoms. The number of carbonyl (C=O) groups excluding carboxylic acids is 1. The van der Waals surface area contributed by atoms with Crippen LogP contribution in [0.3, 0.4) is 0 Å². The van der Waals surface area contributed by atoms with E-state index in [0.29, 0.717) is 29.9 Å². The predicted octanol–water partition coefficient (Wildman–Crippen LogP) is 3.49. The summed E-state index contributed by atoms with van der Waals surface area (Å²) in [6.07, 6.45) is 7.80. The number of rotatable bonds is 7. The van der Waals surface area contributed by atoms with Crippen LogP contribution in [0.1, 0.15) is 43.7 Å². The van der Waals surface area contributed by atoms with Gasteiger partial charge in [0, 0.05) is 11.6 Å². The molecule has 1 aliphatic carbocycles. The van der Waals surface area contributed by atoms with E-state index in [2.05, 4.69) is 11.9 Å². The molecule has 0 aromatic heterocycles. The summed E-state index contributed by atoms with van der Waals surface area (Å²) in [5.74, 6) is 0.0418. The molecule has 1 aromatic rings. The Morgan fingerprint density at radius 2 is 2.20 bits per heavy atom. The van der Waals surface area contributed by atoms with E-state index in [9.17, 15) is 15.2 Å². The highest BCUT2D eigenvalue weighted by Crippen LogP contribution is 2.33. The molecule has 132 valence electrons. The number of nitrogens with zero attached hydrogens (tertiary/aromatic N) is 1. The van der Waals surface area contributed by atoms with Crippen LogP contribution in [-0.2, 0) is 11.2 Å². The second kappa shape index (κ2) is 8.93. The first-order chi connectivity index (χ1) is 12.1. The molecule has 1 saturated carbocycles. The topological polar surface area (TPSA) is 82.4 Å². The Hall–Kier alpha value is -2.74. The lowest BCUT2D eigenvalue weighted by Gasteiger charge is -2.12. The van der Waals surface area contributed by atoms with Crippen molar-refractivity contribution in [2.24, 2.45) is 0 Å². The van der Waals surface area contributed by atoms with Crippen molar-refractivity contribution >= 4 is 12.0 Å². The van der Waals surface area contributed by atoms with Gasteiger partial charge in [-0.2, -0.15) is 5.26 Å². The van der Waals surface area contributed by atoms with Crippen molar-refractivity contribution in [2.45, 2.75) is 45.1 Å². The summed E-state index contributed by atoms with van der Waals surface area (Å²) < 4.78 is 5.45. The lowest BCUT2D eigenvalue weighted by Crippen LogP contribution is -2.33. The largest absolute Gasteiger partial charge is 0.504 e. The summed E-state index contributed by atoms with van der Waals surface area (Å²) >= 11 is 0. The lowest BCUT2D eigenvalue weighted by atomic mass is 10.0. The Bertz CT molecular complexity index is 710. The normalized spacial score (nSPS) is 14.8. The molecule has 2 N–H and O–H groups in total. The van der Waals surface area contributed by atoms with Crippen LogP contribution < -0.4 is 10.1 Å². The minimum atomic E-state index is -0.356. The average Bonchev–Trinajstić information content (AvgIpc) is 3.09. The van der Waals surface area contributed by atoms with E-state index in [1.54, 1.807) is 18.2 Å². The fourth-order valence-electron chi connectivity index (χ4n) is 3.00. The van der Waals surface area contributed by atoms with Gasteiger partial charge in [0.05, 0.1) is 6.61 Å². The maximum Gasteiger partial charge on any atom is 0.262 e. The quantitative estimate of drug-likeness (QED) is 0.452. The van der Waals surface area contributed by atoms with Crippen LogP contribution in [0.5, 0.6) is 11.5 Å². The molecule has 0 saturated heterocycles. The molecule has 1 aromatic carbocycles. The lowest BCUT2D eigenvalue weighted by molar-refractivity contribution is -0.117. The zero-order valence-electron chi connectivity index (χ0n) is 14.5. The molecular formula is C20H24N2O3. The van der Waals surface area contributed by atoms with Crippen LogP contribution >= 0.6 is 0 Å². The van der Waals surface area contributed by atoms with E-state index in [1.165, 1.54) is 6.08 Å². The average molecular weight is 340 g/mol. The van der Waals surface area contributed by atoms with Gasteiger partial charge >= 0.3 is 0 Å². The van der Waals surface area contributed by atoms with Crippen LogP contribution in [0.25, 0.3) is 6.08 Å². The minimum absolute atomic E-state index is 0.0459. The SMILES string of the molecule is C=CCc1cc(/C=C(\C#N)C(=O)NC2CCCC2)cc(OCC)c1O. The number of ether oxygens (including phenoxy) is 1. The maximum atomic E-state index is 12.3. The van der Waals surface area contributed by atoms with Gasteiger partial charge in [-0.15, -0.1) is 6.58 Å². The van der Waals surface area contributed by atoms with Gasteiger partial charge < -0.3 is 15.2 Å². The third-order valence-electron chi connectivity index (χ3n) is 4.21. The molecular weight excluding hydrogens is 316 g/mol. The summed E-state index contributed by atoms with van der Waals surface area (Å²) in [4.78, 5) is 12.3. The van der Waals surface area contributed by atoms with Crippen molar-refractivity contribution in [1.82, 2.24) is 5.32 Å². The number of nitriles is 1.